The number of ether oxygens (including phenoxy) is 2. The Morgan fingerprint density at radius 3 is 2.29 bits per heavy atom. The van der Waals surface area contributed by atoms with Gasteiger partial charge in [0.15, 0.2) is 0 Å². The molecule has 8 heteroatoms. The van der Waals surface area contributed by atoms with Crippen molar-refractivity contribution in [3.05, 3.63) is 47.1 Å². The first-order valence-corrected chi connectivity index (χ1v) is 6.13. The van der Waals surface area contributed by atoms with E-state index in [4.69, 9.17) is 22.1 Å². The highest BCUT2D eigenvalue weighted by Gasteiger charge is 2.30. The third kappa shape index (κ3) is 4.51. The Labute approximate surface area is 123 Å². The molecule has 1 aromatic carbocycles. The van der Waals surface area contributed by atoms with E-state index in [0.29, 0.717) is 0 Å². The second kappa shape index (κ2) is 6.19. The fraction of sp³-hybridized carbons (Fsp3) is 0.154. The summed E-state index contributed by atoms with van der Waals surface area (Å²) in [4.78, 5) is 3.98. The predicted octanol–water partition coefficient (Wildman–Crippen LogP) is 3.88. The number of pyridine rings is 1. The largest absolute Gasteiger partial charge is 0.573 e. The standard InChI is InChI=1S/C13H10ClF3N2O2/c14-11-5-8(6-18)7-19-12(11)20-9-1-3-10(4-2-9)21-13(15,16)17/h1-5,7H,6,18H2. The molecule has 0 spiro atoms. The molecular formula is C13H10ClF3N2O2. The maximum atomic E-state index is 12.0. The lowest BCUT2D eigenvalue weighted by molar-refractivity contribution is -0.274. The number of aromatic nitrogens is 1. The first-order chi connectivity index (χ1) is 9.87. The third-order valence-corrected chi connectivity index (χ3v) is 2.64. The molecule has 0 aliphatic carbocycles. The van der Waals surface area contributed by atoms with Gasteiger partial charge in [0.2, 0.25) is 5.88 Å². The smallest absolute Gasteiger partial charge is 0.438 e. The van der Waals surface area contributed by atoms with Crippen LogP contribution in [0.1, 0.15) is 5.56 Å². The van der Waals surface area contributed by atoms with E-state index in [1.807, 2.05) is 0 Å². The zero-order valence-electron chi connectivity index (χ0n) is 10.5. The Morgan fingerprint density at radius 1 is 1.14 bits per heavy atom. The second-order valence-corrected chi connectivity index (χ2v) is 4.36. The Bertz CT molecular complexity index is 618. The van der Waals surface area contributed by atoms with E-state index in [0.717, 1.165) is 17.7 Å². The number of hydrogen-bond donors (Lipinski definition) is 1. The molecule has 112 valence electrons. The summed E-state index contributed by atoms with van der Waals surface area (Å²) < 4.78 is 45.2. The zero-order chi connectivity index (χ0) is 15.5. The van der Waals surface area contributed by atoms with Gasteiger partial charge in [-0.05, 0) is 35.9 Å². The van der Waals surface area contributed by atoms with E-state index in [1.165, 1.54) is 18.3 Å². The highest BCUT2D eigenvalue weighted by Crippen LogP contribution is 2.30. The van der Waals surface area contributed by atoms with Gasteiger partial charge in [-0.25, -0.2) is 4.98 Å². The Kier molecular flexibility index (Phi) is 4.54. The molecule has 2 rings (SSSR count). The van der Waals surface area contributed by atoms with Gasteiger partial charge in [0.1, 0.15) is 16.5 Å². The number of nitrogens with zero attached hydrogens (tertiary/aromatic N) is 1. The molecular weight excluding hydrogens is 309 g/mol. The summed E-state index contributed by atoms with van der Waals surface area (Å²) in [7, 11) is 0. The summed E-state index contributed by atoms with van der Waals surface area (Å²) in [5.74, 6) is 0.0742. The Morgan fingerprint density at radius 2 is 1.76 bits per heavy atom. The summed E-state index contributed by atoms with van der Waals surface area (Å²) in [6.45, 7) is 0.288. The van der Waals surface area contributed by atoms with E-state index in [-0.39, 0.29) is 28.9 Å². The highest BCUT2D eigenvalue weighted by atomic mass is 35.5. The van der Waals surface area contributed by atoms with Crippen LogP contribution in [0.4, 0.5) is 13.2 Å². The molecule has 1 aromatic heterocycles. The molecule has 0 radical (unpaired) electrons. The molecule has 0 atom stereocenters. The molecule has 21 heavy (non-hydrogen) atoms. The number of benzene rings is 1. The van der Waals surface area contributed by atoms with Gasteiger partial charge in [-0.1, -0.05) is 11.6 Å². The van der Waals surface area contributed by atoms with Crippen molar-refractivity contribution < 1.29 is 22.6 Å². The van der Waals surface area contributed by atoms with Crippen LogP contribution in [0.5, 0.6) is 17.4 Å². The van der Waals surface area contributed by atoms with Gasteiger partial charge < -0.3 is 15.2 Å². The number of rotatable bonds is 4. The maximum absolute atomic E-state index is 12.0. The van der Waals surface area contributed by atoms with Crippen LogP contribution in [0.15, 0.2) is 36.5 Å². The van der Waals surface area contributed by atoms with Crippen LogP contribution in [0.2, 0.25) is 5.02 Å². The molecule has 0 aliphatic heterocycles. The van der Waals surface area contributed by atoms with Crippen LogP contribution in [0, 0.1) is 0 Å². The lowest BCUT2D eigenvalue weighted by atomic mass is 10.3. The number of halogens is 4. The third-order valence-electron chi connectivity index (χ3n) is 2.37. The molecule has 1 heterocycles. The Hall–Kier alpha value is -1.99. The van der Waals surface area contributed by atoms with E-state index in [2.05, 4.69) is 9.72 Å². The van der Waals surface area contributed by atoms with Crippen molar-refractivity contribution in [3.63, 3.8) is 0 Å². The van der Waals surface area contributed by atoms with Crippen molar-refractivity contribution in [1.29, 1.82) is 0 Å². The summed E-state index contributed by atoms with van der Waals surface area (Å²) in [5, 5.41) is 0.258. The quantitative estimate of drug-likeness (QED) is 0.929. The fourth-order valence-electron chi connectivity index (χ4n) is 1.47. The summed E-state index contributed by atoms with van der Waals surface area (Å²) >= 11 is 5.96. The summed E-state index contributed by atoms with van der Waals surface area (Å²) in [5.41, 5.74) is 6.18. The first kappa shape index (κ1) is 15.4. The molecule has 2 aromatic rings. The average molecular weight is 319 g/mol. The number of alkyl halides is 3. The molecule has 0 bridgehead atoms. The minimum Gasteiger partial charge on any atom is -0.438 e. The van der Waals surface area contributed by atoms with Crippen molar-refractivity contribution >= 4 is 11.6 Å². The van der Waals surface area contributed by atoms with E-state index >= 15 is 0 Å². The van der Waals surface area contributed by atoms with Crippen molar-refractivity contribution in [2.45, 2.75) is 12.9 Å². The molecule has 0 fully saturated rings. The van der Waals surface area contributed by atoms with E-state index < -0.39 is 6.36 Å². The highest BCUT2D eigenvalue weighted by molar-refractivity contribution is 6.31. The molecule has 0 aliphatic rings. The van der Waals surface area contributed by atoms with Crippen molar-refractivity contribution in [1.82, 2.24) is 4.98 Å². The molecule has 2 N–H and O–H groups in total. The second-order valence-electron chi connectivity index (χ2n) is 3.96. The van der Waals surface area contributed by atoms with E-state index in [9.17, 15) is 13.2 Å². The van der Waals surface area contributed by atoms with Gasteiger partial charge in [0.25, 0.3) is 0 Å². The van der Waals surface area contributed by atoms with Gasteiger partial charge in [-0.3, -0.25) is 0 Å². The van der Waals surface area contributed by atoms with Crippen molar-refractivity contribution in [3.8, 4) is 17.4 Å². The summed E-state index contributed by atoms with van der Waals surface area (Å²) in [6.07, 6.45) is -3.23. The van der Waals surface area contributed by atoms with Gasteiger partial charge >= 0.3 is 6.36 Å². The molecule has 4 nitrogen and oxygen atoms in total. The summed E-state index contributed by atoms with van der Waals surface area (Å²) in [6, 6.07) is 6.49. The molecule has 0 saturated heterocycles. The first-order valence-electron chi connectivity index (χ1n) is 5.75. The Balaban J connectivity index is 2.10. The van der Waals surface area contributed by atoms with Crippen LogP contribution in [-0.2, 0) is 6.54 Å². The van der Waals surface area contributed by atoms with Gasteiger partial charge in [-0.2, -0.15) is 0 Å². The SMILES string of the molecule is NCc1cnc(Oc2ccc(OC(F)(F)F)cc2)c(Cl)c1. The molecule has 0 amide bonds. The van der Waals surface area contributed by atoms with Crippen molar-refractivity contribution in [2.24, 2.45) is 5.73 Å². The maximum Gasteiger partial charge on any atom is 0.573 e. The lowest BCUT2D eigenvalue weighted by Gasteiger charge is -2.10. The number of hydrogen-bond acceptors (Lipinski definition) is 4. The average Bonchev–Trinajstić information content (AvgIpc) is 2.41. The zero-order valence-corrected chi connectivity index (χ0v) is 11.3. The van der Waals surface area contributed by atoms with E-state index in [1.54, 1.807) is 6.07 Å². The monoisotopic (exact) mass is 318 g/mol. The normalized spacial score (nSPS) is 11.3. The fourth-order valence-corrected chi connectivity index (χ4v) is 1.70. The van der Waals surface area contributed by atoms with Crippen LogP contribution < -0.4 is 15.2 Å². The van der Waals surface area contributed by atoms with Crippen LogP contribution in [-0.4, -0.2) is 11.3 Å². The minimum absolute atomic E-state index is 0.137. The number of nitrogens with two attached hydrogens (primary N) is 1. The van der Waals surface area contributed by atoms with Gasteiger partial charge in [0.05, 0.1) is 0 Å². The van der Waals surface area contributed by atoms with Crippen LogP contribution in [0.3, 0.4) is 0 Å². The topological polar surface area (TPSA) is 57.4 Å². The molecule has 0 saturated carbocycles. The lowest BCUT2D eigenvalue weighted by Crippen LogP contribution is -2.16. The van der Waals surface area contributed by atoms with Crippen LogP contribution in [0.25, 0.3) is 0 Å². The van der Waals surface area contributed by atoms with Gasteiger partial charge in [-0.15, -0.1) is 13.2 Å². The van der Waals surface area contributed by atoms with Crippen LogP contribution >= 0.6 is 11.6 Å². The minimum atomic E-state index is -4.73. The van der Waals surface area contributed by atoms with Gasteiger partial charge in [0, 0.05) is 12.7 Å². The van der Waals surface area contributed by atoms with Crippen molar-refractivity contribution in [2.75, 3.05) is 0 Å². The molecule has 0 unspecified atom stereocenters. The predicted molar refractivity (Wildman–Crippen MR) is 70.3 cm³/mol.